The van der Waals surface area contributed by atoms with E-state index in [1.165, 1.54) is 34.7 Å². The van der Waals surface area contributed by atoms with Crippen LogP contribution in [0.25, 0.3) is 16.9 Å². The van der Waals surface area contributed by atoms with Gasteiger partial charge in [0.2, 0.25) is 0 Å². The molecule has 0 radical (unpaired) electrons. The molecule has 1 aromatic carbocycles. The Morgan fingerprint density at radius 2 is 1.58 bits per heavy atom. The molecule has 2 heterocycles. The molecule has 2 aromatic heterocycles. The second-order valence-corrected chi connectivity index (χ2v) is 6.68. The zero-order valence-electron chi connectivity index (χ0n) is 13.4. The predicted octanol–water partition coefficient (Wildman–Crippen LogP) is 5.46. The number of aromatic nitrogens is 2. The Labute approximate surface area is 136 Å². The third-order valence-corrected chi connectivity index (χ3v) is 3.78. The largest absolute Gasteiger partial charge is 0.419 e. The SMILES string of the molecule is CC(C)(C)c1c(-c2ccc(F)cc2)nc2c(C(F)(F)F)cccn12. The van der Waals surface area contributed by atoms with Crippen LogP contribution < -0.4 is 0 Å². The van der Waals surface area contributed by atoms with E-state index < -0.39 is 23.0 Å². The van der Waals surface area contributed by atoms with Crippen LogP contribution in [0.1, 0.15) is 32.0 Å². The van der Waals surface area contributed by atoms with E-state index in [1.807, 2.05) is 20.8 Å². The van der Waals surface area contributed by atoms with Crippen molar-refractivity contribution in [2.24, 2.45) is 0 Å². The van der Waals surface area contributed by atoms with E-state index in [-0.39, 0.29) is 5.65 Å². The minimum Gasteiger partial charge on any atom is -0.302 e. The summed E-state index contributed by atoms with van der Waals surface area (Å²) in [6, 6.07) is 7.98. The topological polar surface area (TPSA) is 17.3 Å². The minimum absolute atomic E-state index is 0.144. The lowest BCUT2D eigenvalue weighted by atomic mass is 9.89. The number of hydrogen-bond acceptors (Lipinski definition) is 1. The molecule has 0 fully saturated rings. The molecular formula is C18H16F4N2. The maximum absolute atomic E-state index is 13.3. The molecule has 0 aliphatic rings. The first kappa shape index (κ1) is 16.5. The average Bonchev–Trinajstić information content (AvgIpc) is 2.85. The van der Waals surface area contributed by atoms with Crippen molar-refractivity contribution in [1.82, 2.24) is 9.38 Å². The van der Waals surface area contributed by atoms with Gasteiger partial charge in [-0.25, -0.2) is 9.37 Å². The van der Waals surface area contributed by atoms with E-state index in [0.29, 0.717) is 17.0 Å². The van der Waals surface area contributed by atoms with Crippen LogP contribution in [0.5, 0.6) is 0 Å². The van der Waals surface area contributed by atoms with Gasteiger partial charge >= 0.3 is 6.18 Å². The van der Waals surface area contributed by atoms with Gasteiger partial charge in [0, 0.05) is 17.2 Å². The van der Waals surface area contributed by atoms with Gasteiger partial charge in [0.25, 0.3) is 0 Å². The number of hydrogen-bond donors (Lipinski definition) is 0. The van der Waals surface area contributed by atoms with Gasteiger partial charge in [-0.2, -0.15) is 13.2 Å². The third-order valence-electron chi connectivity index (χ3n) is 3.78. The zero-order valence-corrected chi connectivity index (χ0v) is 13.4. The molecule has 3 aromatic rings. The van der Waals surface area contributed by atoms with Gasteiger partial charge in [-0.3, -0.25) is 0 Å². The molecule has 0 bridgehead atoms. The van der Waals surface area contributed by atoms with Crippen molar-refractivity contribution in [3.8, 4) is 11.3 Å². The maximum atomic E-state index is 13.3. The number of imidazole rings is 1. The minimum atomic E-state index is -4.50. The Morgan fingerprint density at radius 3 is 2.12 bits per heavy atom. The van der Waals surface area contributed by atoms with E-state index in [4.69, 9.17) is 0 Å². The molecule has 0 aliphatic heterocycles. The lowest BCUT2D eigenvalue weighted by Gasteiger charge is -2.20. The zero-order chi connectivity index (χ0) is 17.7. The highest BCUT2D eigenvalue weighted by Crippen LogP contribution is 2.38. The van der Waals surface area contributed by atoms with Gasteiger partial charge in [0.05, 0.1) is 17.0 Å². The number of benzene rings is 1. The van der Waals surface area contributed by atoms with Crippen LogP contribution in [0.3, 0.4) is 0 Å². The van der Waals surface area contributed by atoms with Crippen molar-refractivity contribution >= 4 is 5.65 Å². The number of rotatable bonds is 1. The van der Waals surface area contributed by atoms with Crippen LogP contribution in [-0.2, 0) is 11.6 Å². The summed E-state index contributed by atoms with van der Waals surface area (Å²) in [6.07, 6.45) is -2.92. The number of pyridine rings is 1. The van der Waals surface area contributed by atoms with Crippen molar-refractivity contribution in [2.75, 3.05) is 0 Å². The molecule has 0 N–H and O–H groups in total. The van der Waals surface area contributed by atoms with Gasteiger partial charge in [0.1, 0.15) is 11.5 Å². The first-order valence-electron chi connectivity index (χ1n) is 7.44. The molecule has 126 valence electrons. The molecule has 3 rings (SSSR count). The normalized spacial score (nSPS) is 12.8. The van der Waals surface area contributed by atoms with E-state index in [9.17, 15) is 17.6 Å². The first-order chi connectivity index (χ1) is 11.1. The van der Waals surface area contributed by atoms with E-state index in [1.54, 1.807) is 6.20 Å². The van der Waals surface area contributed by atoms with Crippen molar-refractivity contribution in [1.29, 1.82) is 0 Å². The highest BCUT2D eigenvalue weighted by Gasteiger charge is 2.36. The van der Waals surface area contributed by atoms with Gasteiger partial charge in [-0.15, -0.1) is 0 Å². The fourth-order valence-electron chi connectivity index (χ4n) is 2.81. The van der Waals surface area contributed by atoms with E-state index in [2.05, 4.69) is 4.98 Å². The molecule has 0 saturated heterocycles. The fourth-order valence-corrected chi connectivity index (χ4v) is 2.81. The van der Waals surface area contributed by atoms with Gasteiger partial charge in [0.15, 0.2) is 0 Å². The van der Waals surface area contributed by atoms with Crippen LogP contribution >= 0.6 is 0 Å². The highest BCUT2D eigenvalue weighted by atomic mass is 19.4. The monoisotopic (exact) mass is 336 g/mol. The summed E-state index contributed by atoms with van der Waals surface area (Å²) in [4.78, 5) is 4.27. The Balaban J connectivity index is 2.39. The van der Waals surface area contributed by atoms with Crippen LogP contribution in [0.2, 0.25) is 0 Å². The summed E-state index contributed by atoms with van der Waals surface area (Å²) in [5.41, 5.74) is 0.276. The average molecular weight is 336 g/mol. The second-order valence-electron chi connectivity index (χ2n) is 6.68. The molecular weight excluding hydrogens is 320 g/mol. The van der Waals surface area contributed by atoms with Crippen molar-refractivity contribution in [3.63, 3.8) is 0 Å². The second kappa shape index (κ2) is 5.33. The van der Waals surface area contributed by atoms with Crippen molar-refractivity contribution in [2.45, 2.75) is 32.4 Å². The summed E-state index contributed by atoms with van der Waals surface area (Å²) in [7, 11) is 0. The molecule has 0 unspecified atom stereocenters. The van der Waals surface area contributed by atoms with Crippen LogP contribution in [0.15, 0.2) is 42.6 Å². The summed E-state index contributed by atoms with van der Waals surface area (Å²) >= 11 is 0. The van der Waals surface area contributed by atoms with Crippen molar-refractivity contribution < 1.29 is 17.6 Å². The summed E-state index contributed by atoms with van der Waals surface area (Å²) < 4.78 is 54.6. The first-order valence-corrected chi connectivity index (χ1v) is 7.44. The quantitative estimate of drug-likeness (QED) is 0.540. The lowest BCUT2D eigenvalue weighted by molar-refractivity contribution is -0.136. The Bertz CT molecular complexity index is 884. The summed E-state index contributed by atoms with van der Waals surface area (Å²) in [5.74, 6) is -0.407. The number of alkyl halides is 3. The summed E-state index contributed by atoms with van der Waals surface area (Å²) in [5, 5.41) is 0. The van der Waals surface area contributed by atoms with Gasteiger partial charge in [-0.05, 0) is 36.4 Å². The lowest BCUT2D eigenvalue weighted by Crippen LogP contribution is -2.16. The Morgan fingerprint density at radius 1 is 0.958 bits per heavy atom. The predicted molar refractivity (Wildman–Crippen MR) is 84.3 cm³/mol. The van der Waals surface area contributed by atoms with E-state index in [0.717, 1.165) is 6.07 Å². The maximum Gasteiger partial charge on any atom is 0.419 e. The highest BCUT2D eigenvalue weighted by molar-refractivity contribution is 5.69. The Kier molecular flexibility index (Phi) is 3.66. The number of halogens is 4. The smallest absolute Gasteiger partial charge is 0.302 e. The number of fused-ring (bicyclic) bond motifs is 1. The molecule has 0 atom stereocenters. The molecule has 0 saturated carbocycles. The molecule has 6 heteroatoms. The molecule has 2 nitrogen and oxygen atoms in total. The molecule has 24 heavy (non-hydrogen) atoms. The van der Waals surface area contributed by atoms with Crippen molar-refractivity contribution in [3.05, 3.63) is 59.7 Å². The third kappa shape index (κ3) is 2.77. The molecule has 0 amide bonds. The molecule has 0 spiro atoms. The van der Waals surface area contributed by atoms with Crippen LogP contribution in [-0.4, -0.2) is 9.38 Å². The van der Waals surface area contributed by atoms with E-state index >= 15 is 0 Å². The Hall–Kier alpha value is -2.37. The van der Waals surface area contributed by atoms with Gasteiger partial charge < -0.3 is 4.40 Å². The van der Waals surface area contributed by atoms with Crippen LogP contribution in [0.4, 0.5) is 17.6 Å². The number of nitrogens with zero attached hydrogens (tertiary/aromatic N) is 2. The molecule has 0 aliphatic carbocycles. The summed E-state index contributed by atoms with van der Waals surface area (Å²) in [6.45, 7) is 5.72. The van der Waals surface area contributed by atoms with Gasteiger partial charge in [-0.1, -0.05) is 20.8 Å². The fraction of sp³-hybridized carbons (Fsp3) is 0.278. The standard InChI is InChI=1S/C18H16F4N2/c1-17(2,3)15-14(11-6-8-12(19)9-7-11)23-16-13(18(20,21)22)5-4-10-24(15)16/h4-10H,1-3H3. The van der Waals surface area contributed by atoms with Crippen LogP contribution in [0, 0.1) is 5.82 Å².